The zero-order valence-corrected chi connectivity index (χ0v) is 10.9. The van der Waals surface area contributed by atoms with Crippen molar-refractivity contribution in [3.63, 3.8) is 0 Å². The number of hydrazine groups is 1. The number of hydrogen-bond acceptors (Lipinski definition) is 4. The van der Waals surface area contributed by atoms with E-state index < -0.39 is 0 Å². The monoisotopic (exact) mass is 271 g/mol. The zero-order valence-electron chi connectivity index (χ0n) is 9.28. The third-order valence-corrected chi connectivity index (χ3v) is 2.84. The molecule has 1 aromatic rings. The van der Waals surface area contributed by atoms with Crippen molar-refractivity contribution in [2.75, 3.05) is 0 Å². The number of nitrogens with one attached hydrogen (secondary N) is 3. The van der Waals surface area contributed by atoms with Crippen LogP contribution in [0.25, 0.3) is 0 Å². The van der Waals surface area contributed by atoms with E-state index >= 15 is 0 Å². The molecule has 17 heavy (non-hydrogen) atoms. The van der Waals surface area contributed by atoms with E-state index in [0.29, 0.717) is 11.3 Å². The molecular formula is C10H13N3O2S2. The van der Waals surface area contributed by atoms with Gasteiger partial charge < -0.3 is 5.32 Å². The van der Waals surface area contributed by atoms with Gasteiger partial charge in [0.05, 0.1) is 4.88 Å². The molecule has 1 heterocycles. The summed E-state index contributed by atoms with van der Waals surface area (Å²) in [5, 5.41) is 4.34. The first-order valence-corrected chi connectivity index (χ1v) is 6.36. The number of carbonyl (C=O) groups excluding carboxylic acids is 2. The molecule has 0 spiro atoms. The Balaban J connectivity index is 2.29. The molecule has 0 unspecified atom stereocenters. The minimum absolute atomic E-state index is 0.0911. The maximum atomic E-state index is 11.5. The summed E-state index contributed by atoms with van der Waals surface area (Å²) in [6.45, 7) is 1.90. The van der Waals surface area contributed by atoms with E-state index in [4.69, 9.17) is 12.2 Å². The van der Waals surface area contributed by atoms with Crippen molar-refractivity contribution in [3.8, 4) is 0 Å². The molecule has 0 bridgehead atoms. The van der Waals surface area contributed by atoms with E-state index in [1.165, 1.54) is 11.3 Å². The Morgan fingerprint density at radius 2 is 2.18 bits per heavy atom. The summed E-state index contributed by atoms with van der Waals surface area (Å²) in [6.07, 6.45) is 1.15. The van der Waals surface area contributed by atoms with Crippen molar-refractivity contribution in [2.45, 2.75) is 19.8 Å². The van der Waals surface area contributed by atoms with Crippen LogP contribution in [0.15, 0.2) is 17.5 Å². The van der Waals surface area contributed by atoms with Gasteiger partial charge in [0.25, 0.3) is 5.91 Å². The lowest BCUT2D eigenvalue weighted by Gasteiger charge is -2.09. The molecule has 0 saturated heterocycles. The Morgan fingerprint density at radius 3 is 2.76 bits per heavy atom. The van der Waals surface area contributed by atoms with Gasteiger partial charge in [0.2, 0.25) is 5.91 Å². The van der Waals surface area contributed by atoms with Crippen molar-refractivity contribution in [1.82, 2.24) is 16.2 Å². The third-order valence-electron chi connectivity index (χ3n) is 1.76. The second kappa shape index (κ2) is 6.97. The van der Waals surface area contributed by atoms with Gasteiger partial charge >= 0.3 is 0 Å². The maximum absolute atomic E-state index is 11.5. The molecule has 5 nitrogen and oxygen atoms in total. The average molecular weight is 271 g/mol. The molecule has 0 radical (unpaired) electrons. The predicted molar refractivity (Wildman–Crippen MR) is 70.6 cm³/mol. The first-order valence-electron chi connectivity index (χ1n) is 5.07. The van der Waals surface area contributed by atoms with Gasteiger partial charge in [0.1, 0.15) is 0 Å². The van der Waals surface area contributed by atoms with Crippen LogP contribution in [0.4, 0.5) is 0 Å². The first kappa shape index (κ1) is 13.6. The van der Waals surface area contributed by atoms with Gasteiger partial charge in [-0.1, -0.05) is 13.0 Å². The molecule has 0 aliphatic heterocycles. The summed E-state index contributed by atoms with van der Waals surface area (Å²) in [5.74, 6) is -0.456. The van der Waals surface area contributed by atoms with Crippen LogP contribution in [-0.2, 0) is 4.79 Å². The van der Waals surface area contributed by atoms with Crippen molar-refractivity contribution in [3.05, 3.63) is 22.4 Å². The van der Waals surface area contributed by atoms with Gasteiger partial charge in [-0.3, -0.25) is 20.4 Å². The number of hydrogen-bond donors (Lipinski definition) is 3. The maximum Gasteiger partial charge on any atom is 0.279 e. The van der Waals surface area contributed by atoms with Gasteiger partial charge in [-0.05, 0) is 30.1 Å². The van der Waals surface area contributed by atoms with E-state index in [0.717, 1.165) is 6.42 Å². The molecule has 7 heteroatoms. The topological polar surface area (TPSA) is 70.2 Å². The SMILES string of the molecule is CCCC(=O)NC(=S)NNC(=O)c1cccs1. The highest BCUT2D eigenvalue weighted by Gasteiger charge is 2.07. The standard InChI is InChI=1S/C10H13N3O2S2/c1-2-4-8(14)11-10(16)13-12-9(15)7-5-3-6-17-7/h3,5-6H,2,4H2,1H3,(H,12,15)(H2,11,13,14,16). The fraction of sp³-hybridized carbons (Fsp3) is 0.300. The molecule has 1 aromatic heterocycles. The zero-order chi connectivity index (χ0) is 12.7. The van der Waals surface area contributed by atoms with E-state index in [1.54, 1.807) is 17.5 Å². The molecule has 0 fully saturated rings. The van der Waals surface area contributed by atoms with Crippen LogP contribution >= 0.6 is 23.6 Å². The highest BCUT2D eigenvalue weighted by molar-refractivity contribution is 7.80. The van der Waals surface area contributed by atoms with Crippen molar-refractivity contribution in [1.29, 1.82) is 0 Å². The number of thiophene rings is 1. The Labute approximate surface area is 109 Å². The fourth-order valence-corrected chi connectivity index (χ4v) is 1.81. The molecule has 92 valence electrons. The summed E-state index contributed by atoms with van der Waals surface area (Å²) in [7, 11) is 0. The van der Waals surface area contributed by atoms with Crippen LogP contribution in [0.2, 0.25) is 0 Å². The summed E-state index contributed by atoms with van der Waals surface area (Å²) in [4.78, 5) is 23.2. The summed E-state index contributed by atoms with van der Waals surface area (Å²) >= 11 is 6.16. The van der Waals surface area contributed by atoms with Crippen LogP contribution in [-0.4, -0.2) is 16.9 Å². The molecule has 0 aliphatic carbocycles. The molecule has 3 N–H and O–H groups in total. The Kier molecular flexibility index (Phi) is 5.58. The van der Waals surface area contributed by atoms with Crippen LogP contribution in [0.3, 0.4) is 0 Å². The largest absolute Gasteiger partial charge is 0.302 e. The molecule has 1 rings (SSSR count). The highest BCUT2D eigenvalue weighted by Crippen LogP contribution is 2.06. The minimum Gasteiger partial charge on any atom is -0.302 e. The molecule has 0 atom stereocenters. The van der Waals surface area contributed by atoms with Gasteiger partial charge in [0, 0.05) is 6.42 Å². The second-order valence-corrected chi connectivity index (χ2v) is 4.54. The number of amides is 2. The Morgan fingerprint density at radius 1 is 1.41 bits per heavy atom. The average Bonchev–Trinajstić information content (AvgIpc) is 2.79. The molecule has 0 saturated carbocycles. The van der Waals surface area contributed by atoms with Crippen molar-refractivity contribution in [2.24, 2.45) is 0 Å². The smallest absolute Gasteiger partial charge is 0.279 e. The lowest BCUT2D eigenvalue weighted by Crippen LogP contribution is -2.48. The number of rotatable bonds is 3. The van der Waals surface area contributed by atoms with E-state index in [1.807, 2.05) is 6.92 Å². The van der Waals surface area contributed by atoms with Gasteiger partial charge in [-0.25, -0.2) is 0 Å². The van der Waals surface area contributed by atoms with E-state index in [9.17, 15) is 9.59 Å². The molecular weight excluding hydrogens is 258 g/mol. The van der Waals surface area contributed by atoms with Gasteiger partial charge in [0.15, 0.2) is 5.11 Å². The number of carbonyl (C=O) groups is 2. The summed E-state index contributed by atoms with van der Waals surface area (Å²) in [5.41, 5.74) is 4.86. The second-order valence-electron chi connectivity index (χ2n) is 3.18. The third kappa shape index (κ3) is 4.92. The van der Waals surface area contributed by atoms with Crippen LogP contribution < -0.4 is 16.2 Å². The molecule has 2 amide bonds. The normalized spacial score (nSPS) is 9.47. The van der Waals surface area contributed by atoms with Crippen LogP contribution in [0.1, 0.15) is 29.4 Å². The van der Waals surface area contributed by atoms with E-state index in [2.05, 4.69) is 16.2 Å². The fourth-order valence-electron chi connectivity index (χ4n) is 1.03. The first-order chi connectivity index (χ1) is 8.13. The predicted octanol–water partition coefficient (Wildman–Crippen LogP) is 1.18. The Hall–Kier alpha value is -1.47. The van der Waals surface area contributed by atoms with Crippen LogP contribution in [0, 0.1) is 0 Å². The summed E-state index contributed by atoms with van der Waals surface area (Å²) < 4.78 is 0. The van der Waals surface area contributed by atoms with Gasteiger partial charge in [-0.2, -0.15) is 0 Å². The van der Waals surface area contributed by atoms with E-state index in [-0.39, 0.29) is 16.9 Å². The van der Waals surface area contributed by atoms with Gasteiger partial charge in [-0.15, -0.1) is 11.3 Å². The summed E-state index contributed by atoms with van der Waals surface area (Å²) in [6, 6.07) is 3.47. The minimum atomic E-state index is -0.285. The lowest BCUT2D eigenvalue weighted by molar-refractivity contribution is -0.119. The quantitative estimate of drug-likeness (QED) is 0.570. The lowest BCUT2D eigenvalue weighted by atomic mass is 10.3. The van der Waals surface area contributed by atoms with Crippen molar-refractivity contribution < 1.29 is 9.59 Å². The Bertz CT molecular complexity index is 404. The number of thiocarbonyl (C=S) groups is 1. The van der Waals surface area contributed by atoms with Crippen LogP contribution in [0.5, 0.6) is 0 Å². The molecule has 0 aromatic carbocycles. The van der Waals surface area contributed by atoms with Crippen molar-refractivity contribution >= 4 is 40.5 Å². The highest BCUT2D eigenvalue weighted by atomic mass is 32.1. The molecule has 0 aliphatic rings.